The minimum absolute atomic E-state index is 0.228. The molecule has 0 unspecified atom stereocenters. The van der Waals surface area contributed by atoms with Gasteiger partial charge in [0.15, 0.2) is 0 Å². The van der Waals surface area contributed by atoms with Crippen molar-refractivity contribution in [1.82, 2.24) is 19.8 Å². The van der Waals surface area contributed by atoms with Crippen LogP contribution in [-0.4, -0.2) is 94.4 Å². The van der Waals surface area contributed by atoms with E-state index in [0.29, 0.717) is 49.1 Å². The molecule has 0 aliphatic carbocycles. The Balaban J connectivity index is 1.16. The molecule has 262 valence electrons. The molecule has 4 aromatic rings. The largest absolute Gasteiger partial charge is 0.496 e. The summed E-state index contributed by atoms with van der Waals surface area (Å²) in [6, 6.07) is 14.7. The normalized spacial score (nSPS) is 17.9. The molecule has 0 bridgehead atoms. The summed E-state index contributed by atoms with van der Waals surface area (Å²) in [6.07, 6.45) is 4.15. The second-order valence-corrected chi connectivity index (χ2v) is 13.0. The number of amides is 2. The van der Waals surface area contributed by atoms with Gasteiger partial charge in [0.05, 0.1) is 26.4 Å². The molecule has 2 aliphatic heterocycles. The number of methoxy groups -OCH3 is 2. The summed E-state index contributed by atoms with van der Waals surface area (Å²) in [6.45, 7) is 7.84. The zero-order valence-corrected chi connectivity index (χ0v) is 28.9. The molecule has 6 rings (SSSR count). The van der Waals surface area contributed by atoms with Crippen LogP contribution in [0.5, 0.6) is 11.5 Å². The van der Waals surface area contributed by atoms with Crippen LogP contribution in [0, 0.1) is 13.8 Å². The zero-order valence-electron chi connectivity index (χ0n) is 28.9. The number of nitrogens with zero attached hydrogens (tertiary/aromatic N) is 4. The highest BCUT2D eigenvalue weighted by Crippen LogP contribution is 2.34. The number of pyridine rings is 2. The highest BCUT2D eigenvalue weighted by molar-refractivity contribution is 6.05. The molecule has 0 spiro atoms. The van der Waals surface area contributed by atoms with Crippen LogP contribution in [-0.2, 0) is 13.1 Å². The Kier molecular flexibility index (Phi) is 10.7. The van der Waals surface area contributed by atoms with Gasteiger partial charge in [-0.15, -0.1) is 0 Å². The topological polar surface area (TPSA) is 149 Å². The molecule has 2 aromatic carbocycles. The van der Waals surface area contributed by atoms with Crippen molar-refractivity contribution in [1.29, 1.82) is 0 Å². The van der Waals surface area contributed by atoms with Crippen LogP contribution in [0.3, 0.4) is 0 Å². The summed E-state index contributed by atoms with van der Waals surface area (Å²) in [7, 11) is 3.14. The fraction of sp³-hybridized carbons (Fsp3) is 0.368. The minimum atomic E-state index is -0.364. The number of nitrogens with one attached hydrogen (secondary N) is 2. The number of rotatable bonds is 11. The van der Waals surface area contributed by atoms with E-state index in [9.17, 15) is 19.8 Å². The number of likely N-dealkylation sites (tertiary alicyclic amines) is 2. The van der Waals surface area contributed by atoms with Gasteiger partial charge in [-0.3, -0.25) is 29.4 Å². The van der Waals surface area contributed by atoms with Crippen molar-refractivity contribution < 1.29 is 29.3 Å². The molecule has 2 amide bonds. The molecule has 2 aromatic heterocycles. The molecule has 0 saturated carbocycles. The lowest BCUT2D eigenvalue weighted by molar-refractivity contribution is 0.101. The van der Waals surface area contributed by atoms with Crippen LogP contribution < -0.4 is 20.1 Å². The van der Waals surface area contributed by atoms with Crippen LogP contribution in [0.4, 0.5) is 11.4 Å². The summed E-state index contributed by atoms with van der Waals surface area (Å²) in [4.78, 5) is 39.9. The standard InChI is InChI=1S/C38H44N6O6/c1-23-29(7-5-9-31(23)41-37(47)33-15-35(49-3)25(17-39-33)19-43-13-11-27(45)21-43)30-8-6-10-32(24(30)2)42-38(48)34-16-36(50-4)26(18-40-34)20-44-14-12-28(46)22-44/h5-10,15-18,27-28,45-46H,11-14,19-22H2,1-4H3,(H,41,47)(H,42,48)/t27-,28-/m1/s1. The average Bonchev–Trinajstić information content (AvgIpc) is 3.73. The predicted octanol–water partition coefficient (Wildman–Crippen LogP) is 4.42. The first-order chi connectivity index (χ1) is 24.1. The number of aliphatic hydroxyl groups excluding tert-OH is 2. The van der Waals surface area contributed by atoms with E-state index in [1.54, 1.807) is 38.7 Å². The van der Waals surface area contributed by atoms with Gasteiger partial charge < -0.3 is 30.3 Å². The van der Waals surface area contributed by atoms with Gasteiger partial charge in [0.2, 0.25) is 0 Å². The second kappa shape index (κ2) is 15.3. The Morgan fingerprint density at radius 1 is 0.740 bits per heavy atom. The van der Waals surface area contributed by atoms with Crippen LogP contribution in [0.25, 0.3) is 11.1 Å². The van der Waals surface area contributed by atoms with E-state index < -0.39 is 0 Å². The van der Waals surface area contributed by atoms with Gasteiger partial charge >= 0.3 is 0 Å². The van der Waals surface area contributed by atoms with E-state index in [1.807, 2.05) is 50.2 Å². The summed E-state index contributed by atoms with van der Waals surface area (Å²) in [5, 5.41) is 25.8. The van der Waals surface area contributed by atoms with Gasteiger partial charge in [0.1, 0.15) is 22.9 Å². The maximum atomic E-state index is 13.4. The minimum Gasteiger partial charge on any atom is -0.496 e. The number of carbonyl (C=O) groups is 2. The van der Waals surface area contributed by atoms with E-state index in [0.717, 1.165) is 59.3 Å². The molecular formula is C38H44N6O6. The molecular weight excluding hydrogens is 636 g/mol. The van der Waals surface area contributed by atoms with Crippen LogP contribution in [0.15, 0.2) is 60.9 Å². The maximum Gasteiger partial charge on any atom is 0.274 e. The monoisotopic (exact) mass is 680 g/mol. The Morgan fingerprint density at radius 3 is 1.52 bits per heavy atom. The molecule has 12 heteroatoms. The van der Waals surface area contributed by atoms with Crippen LogP contribution in [0.2, 0.25) is 0 Å². The third-order valence-electron chi connectivity index (χ3n) is 9.53. The van der Waals surface area contributed by atoms with Crippen LogP contribution in [0.1, 0.15) is 56.1 Å². The van der Waals surface area contributed by atoms with Crippen molar-refractivity contribution >= 4 is 23.2 Å². The molecule has 0 radical (unpaired) electrons. The predicted molar refractivity (Wildman–Crippen MR) is 191 cm³/mol. The highest BCUT2D eigenvalue weighted by Gasteiger charge is 2.24. The zero-order chi connectivity index (χ0) is 35.4. The fourth-order valence-corrected chi connectivity index (χ4v) is 6.69. The van der Waals surface area contributed by atoms with Gasteiger partial charge in [-0.1, -0.05) is 24.3 Å². The van der Waals surface area contributed by atoms with E-state index in [1.165, 1.54) is 0 Å². The molecule has 2 fully saturated rings. The highest BCUT2D eigenvalue weighted by atomic mass is 16.5. The van der Waals surface area contributed by atoms with Gasteiger partial charge in [0.25, 0.3) is 11.8 Å². The number of carbonyl (C=O) groups excluding carboxylic acids is 2. The third-order valence-corrected chi connectivity index (χ3v) is 9.53. The lowest BCUT2D eigenvalue weighted by atomic mass is 9.94. The number of aliphatic hydroxyl groups is 2. The summed E-state index contributed by atoms with van der Waals surface area (Å²) in [5.74, 6) is 0.408. The number of hydrogen-bond acceptors (Lipinski definition) is 10. The lowest BCUT2D eigenvalue weighted by Gasteiger charge is -2.18. The number of hydrogen-bond donors (Lipinski definition) is 4. The number of aromatic nitrogens is 2. The van der Waals surface area contributed by atoms with Crippen molar-refractivity contribution in [2.24, 2.45) is 0 Å². The molecule has 12 nitrogen and oxygen atoms in total. The molecule has 4 N–H and O–H groups in total. The van der Waals surface area contributed by atoms with Gasteiger partial charge in [-0.2, -0.15) is 0 Å². The van der Waals surface area contributed by atoms with Crippen molar-refractivity contribution in [2.45, 2.75) is 52.0 Å². The number of β-amino-alcohol motifs (C(OH)–C–C–N with tert-alkyl or cyclic N) is 2. The molecule has 2 atom stereocenters. The lowest BCUT2D eigenvalue weighted by Crippen LogP contribution is -2.22. The van der Waals surface area contributed by atoms with Gasteiger partial charge in [-0.05, 0) is 61.1 Å². The third kappa shape index (κ3) is 7.79. The molecule has 2 saturated heterocycles. The summed E-state index contributed by atoms with van der Waals surface area (Å²) in [5.41, 5.74) is 6.95. The van der Waals surface area contributed by atoms with E-state index in [4.69, 9.17) is 9.47 Å². The first-order valence-corrected chi connectivity index (χ1v) is 16.8. The quantitative estimate of drug-likeness (QED) is 0.179. The van der Waals surface area contributed by atoms with E-state index in [-0.39, 0.29) is 35.4 Å². The average molecular weight is 681 g/mol. The molecule has 2 aliphatic rings. The smallest absolute Gasteiger partial charge is 0.274 e. The Hall–Kier alpha value is -4.88. The Morgan fingerprint density at radius 2 is 1.16 bits per heavy atom. The first kappa shape index (κ1) is 35.0. The SMILES string of the molecule is COc1cc(C(=O)Nc2cccc(-c3cccc(NC(=O)c4cc(OC)c(CN5CC[C@@H](O)C5)cn4)c3C)c2C)ncc1CN1CC[C@@H](O)C1. The van der Waals surface area contributed by atoms with E-state index in [2.05, 4.69) is 30.4 Å². The van der Waals surface area contributed by atoms with Crippen molar-refractivity contribution in [3.63, 3.8) is 0 Å². The number of benzene rings is 2. The van der Waals surface area contributed by atoms with Crippen molar-refractivity contribution in [3.05, 3.63) is 94.6 Å². The van der Waals surface area contributed by atoms with Gasteiger partial charge in [0, 0.05) is 86.3 Å². The number of ether oxygens (including phenoxy) is 2. The number of anilines is 2. The fourth-order valence-electron chi connectivity index (χ4n) is 6.69. The Bertz CT molecular complexity index is 1750. The van der Waals surface area contributed by atoms with Crippen molar-refractivity contribution in [2.75, 3.05) is 51.0 Å². The molecule has 4 heterocycles. The molecule has 50 heavy (non-hydrogen) atoms. The Labute approximate surface area is 292 Å². The second-order valence-electron chi connectivity index (χ2n) is 13.0. The summed E-state index contributed by atoms with van der Waals surface area (Å²) < 4.78 is 11.2. The summed E-state index contributed by atoms with van der Waals surface area (Å²) >= 11 is 0. The van der Waals surface area contributed by atoms with Crippen molar-refractivity contribution in [3.8, 4) is 22.6 Å². The van der Waals surface area contributed by atoms with Gasteiger partial charge in [-0.25, -0.2) is 0 Å². The maximum absolute atomic E-state index is 13.4. The van der Waals surface area contributed by atoms with E-state index >= 15 is 0 Å². The first-order valence-electron chi connectivity index (χ1n) is 16.8. The van der Waals surface area contributed by atoms with Crippen LogP contribution >= 0.6 is 0 Å².